The highest BCUT2D eigenvalue weighted by Gasteiger charge is 2.31. The second-order valence-corrected chi connectivity index (χ2v) is 5.91. The van der Waals surface area contributed by atoms with Gasteiger partial charge in [0, 0.05) is 17.6 Å². The van der Waals surface area contributed by atoms with E-state index in [-0.39, 0.29) is 11.9 Å². The first-order valence-electron chi connectivity index (χ1n) is 7.76. The number of fused-ring (bicyclic) bond motifs is 1. The number of carboxylic acids is 1. The maximum Gasteiger partial charge on any atom is 0.308 e. The minimum absolute atomic E-state index is 0.203. The molecule has 0 radical (unpaired) electrons. The van der Waals surface area contributed by atoms with E-state index in [4.69, 9.17) is 0 Å². The minimum atomic E-state index is -0.815. The van der Waals surface area contributed by atoms with Crippen LogP contribution in [0.4, 0.5) is 0 Å². The quantitative estimate of drug-likeness (QED) is 0.762. The summed E-state index contributed by atoms with van der Waals surface area (Å²) < 4.78 is 0. The lowest BCUT2D eigenvalue weighted by molar-refractivity contribution is -0.142. The number of rotatable bonds is 3. The molecule has 1 aliphatic rings. The molecule has 0 unspecified atom stereocenters. The highest BCUT2D eigenvalue weighted by Crippen LogP contribution is 2.25. The number of para-hydroxylation sites is 1. The standard InChI is InChI=1S/C17H20N2O3/c20-16(13-7-4-5-11-9-10-18-15(11)13)19-14-8-3-1-2-6-12(14)17(21)22/h4-5,7,9-10,12,14,18H,1-3,6,8H2,(H,19,20)(H,21,22)/t12-,14-/m0/s1. The zero-order valence-electron chi connectivity index (χ0n) is 12.3. The van der Waals surface area contributed by atoms with Crippen LogP contribution in [0, 0.1) is 5.92 Å². The van der Waals surface area contributed by atoms with Crippen LogP contribution in [0.15, 0.2) is 30.5 Å². The number of carboxylic acid groups (broad SMARTS) is 1. The van der Waals surface area contributed by atoms with Gasteiger partial charge in [-0.15, -0.1) is 0 Å². The fourth-order valence-electron chi connectivity index (χ4n) is 3.30. The zero-order chi connectivity index (χ0) is 15.5. The van der Waals surface area contributed by atoms with Crippen LogP contribution in [-0.2, 0) is 4.79 Å². The predicted octanol–water partition coefficient (Wildman–Crippen LogP) is 2.93. The Morgan fingerprint density at radius 1 is 1.14 bits per heavy atom. The van der Waals surface area contributed by atoms with Gasteiger partial charge in [0.15, 0.2) is 0 Å². The maximum absolute atomic E-state index is 12.6. The largest absolute Gasteiger partial charge is 0.481 e. The van der Waals surface area contributed by atoms with Gasteiger partial charge >= 0.3 is 5.97 Å². The number of carbonyl (C=O) groups is 2. The first kappa shape index (κ1) is 14.6. The van der Waals surface area contributed by atoms with Gasteiger partial charge in [0.05, 0.1) is 17.0 Å². The van der Waals surface area contributed by atoms with Gasteiger partial charge < -0.3 is 15.4 Å². The van der Waals surface area contributed by atoms with Crippen LogP contribution < -0.4 is 5.32 Å². The van der Waals surface area contributed by atoms with Crippen molar-refractivity contribution in [2.75, 3.05) is 0 Å². The monoisotopic (exact) mass is 300 g/mol. The summed E-state index contributed by atoms with van der Waals surface area (Å²) in [6, 6.07) is 7.16. The molecular weight excluding hydrogens is 280 g/mol. The fourth-order valence-corrected chi connectivity index (χ4v) is 3.30. The Balaban J connectivity index is 1.83. The lowest BCUT2D eigenvalue weighted by Crippen LogP contribution is -2.42. The third-order valence-electron chi connectivity index (χ3n) is 4.48. The van der Waals surface area contributed by atoms with Crippen molar-refractivity contribution in [2.45, 2.75) is 38.1 Å². The third kappa shape index (κ3) is 2.84. The predicted molar refractivity (Wildman–Crippen MR) is 83.8 cm³/mol. The molecule has 1 aromatic carbocycles. The van der Waals surface area contributed by atoms with Gasteiger partial charge in [-0.25, -0.2) is 0 Å². The molecule has 5 nitrogen and oxygen atoms in total. The number of aromatic nitrogens is 1. The van der Waals surface area contributed by atoms with E-state index in [1.807, 2.05) is 18.2 Å². The van der Waals surface area contributed by atoms with Gasteiger partial charge in [0.1, 0.15) is 0 Å². The summed E-state index contributed by atoms with van der Waals surface area (Å²) in [5.74, 6) is -1.51. The highest BCUT2D eigenvalue weighted by molar-refractivity contribution is 6.05. The zero-order valence-corrected chi connectivity index (χ0v) is 12.3. The van der Waals surface area contributed by atoms with E-state index in [9.17, 15) is 14.7 Å². The summed E-state index contributed by atoms with van der Waals surface area (Å²) in [5, 5.41) is 13.3. The molecule has 1 aromatic heterocycles. The number of amides is 1. The van der Waals surface area contributed by atoms with Crippen molar-refractivity contribution >= 4 is 22.8 Å². The van der Waals surface area contributed by atoms with E-state index in [0.29, 0.717) is 12.0 Å². The van der Waals surface area contributed by atoms with Crippen LogP contribution in [0.1, 0.15) is 42.5 Å². The fraction of sp³-hybridized carbons (Fsp3) is 0.412. The molecular formula is C17H20N2O3. The number of nitrogens with one attached hydrogen (secondary N) is 2. The smallest absolute Gasteiger partial charge is 0.308 e. The van der Waals surface area contributed by atoms with Crippen molar-refractivity contribution < 1.29 is 14.7 Å². The van der Waals surface area contributed by atoms with Crippen molar-refractivity contribution in [1.29, 1.82) is 0 Å². The summed E-state index contributed by atoms with van der Waals surface area (Å²) in [4.78, 5) is 27.1. The topological polar surface area (TPSA) is 82.2 Å². The Morgan fingerprint density at radius 3 is 2.77 bits per heavy atom. The van der Waals surface area contributed by atoms with Gasteiger partial charge in [-0.05, 0) is 25.0 Å². The molecule has 3 N–H and O–H groups in total. The molecule has 0 bridgehead atoms. The number of aliphatic carboxylic acids is 1. The summed E-state index contributed by atoms with van der Waals surface area (Å²) in [6.45, 7) is 0. The van der Waals surface area contributed by atoms with Crippen LogP contribution in [-0.4, -0.2) is 28.0 Å². The second kappa shape index (κ2) is 6.22. The van der Waals surface area contributed by atoms with Crippen LogP contribution in [0.2, 0.25) is 0 Å². The normalized spacial score (nSPS) is 22.2. The second-order valence-electron chi connectivity index (χ2n) is 5.91. The summed E-state index contributed by atoms with van der Waals surface area (Å²) in [5.41, 5.74) is 1.36. The van der Waals surface area contributed by atoms with Crippen molar-refractivity contribution in [2.24, 2.45) is 5.92 Å². The van der Waals surface area contributed by atoms with Crippen LogP contribution >= 0.6 is 0 Å². The average Bonchev–Trinajstić information content (AvgIpc) is 2.86. The van der Waals surface area contributed by atoms with E-state index in [2.05, 4.69) is 10.3 Å². The SMILES string of the molecule is O=C(N[C@H]1CCCCC[C@@H]1C(=O)O)c1cccc2cc[nH]c12. The summed E-state index contributed by atoms with van der Waals surface area (Å²) in [7, 11) is 0. The molecule has 2 atom stereocenters. The Kier molecular flexibility index (Phi) is 4.13. The highest BCUT2D eigenvalue weighted by atomic mass is 16.4. The molecule has 2 aromatic rings. The van der Waals surface area contributed by atoms with Crippen LogP contribution in [0.3, 0.4) is 0 Å². The molecule has 0 saturated heterocycles. The maximum atomic E-state index is 12.6. The number of hydrogen-bond donors (Lipinski definition) is 3. The minimum Gasteiger partial charge on any atom is -0.481 e. The molecule has 22 heavy (non-hydrogen) atoms. The van der Waals surface area contributed by atoms with E-state index in [0.717, 1.165) is 36.6 Å². The van der Waals surface area contributed by atoms with E-state index < -0.39 is 11.9 Å². The molecule has 1 fully saturated rings. The Hall–Kier alpha value is -2.30. The van der Waals surface area contributed by atoms with Crippen molar-refractivity contribution in [1.82, 2.24) is 10.3 Å². The van der Waals surface area contributed by atoms with E-state index in [1.165, 1.54) is 0 Å². The number of carbonyl (C=O) groups excluding carboxylic acids is 1. The number of hydrogen-bond acceptors (Lipinski definition) is 2. The number of H-pyrrole nitrogens is 1. The molecule has 3 rings (SSSR count). The summed E-state index contributed by atoms with van der Waals surface area (Å²) in [6.07, 6.45) is 6.06. The Morgan fingerprint density at radius 2 is 1.95 bits per heavy atom. The molecule has 1 heterocycles. The first-order chi connectivity index (χ1) is 10.7. The molecule has 1 aliphatic carbocycles. The van der Waals surface area contributed by atoms with Crippen molar-refractivity contribution in [3.8, 4) is 0 Å². The molecule has 5 heteroatoms. The molecule has 0 spiro atoms. The first-order valence-corrected chi connectivity index (χ1v) is 7.76. The van der Waals surface area contributed by atoms with Gasteiger partial charge in [0.2, 0.25) is 0 Å². The molecule has 116 valence electrons. The van der Waals surface area contributed by atoms with Crippen molar-refractivity contribution in [3.05, 3.63) is 36.0 Å². The average molecular weight is 300 g/mol. The Bertz CT molecular complexity index is 692. The van der Waals surface area contributed by atoms with E-state index in [1.54, 1.807) is 12.3 Å². The van der Waals surface area contributed by atoms with Gasteiger partial charge in [-0.1, -0.05) is 31.4 Å². The van der Waals surface area contributed by atoms with E-state index >= 15 is 0 Å². The molecule has 1 saturated carbocycles. The van der Waals surface area contributed by atoms with Gasteiger partial charge in [-0.3, -0.25) is 9.59 Å². The summed E-state index contributed by atoms with van der Waals surface area (Å²) >= 11 is 0. The lowest BCUT2D eigenvalue weighted by atomic mass is 9.94. The molecule has 0 aliphatic heterocycles. The number of aromatic amines is 1. The van der Waals surface area contributed by atoms with Gasteiger partial charge in [-0.2, -0.15) is 0 Å². The number of benzene rings is 1. The lowest BCUT2D eigenvalue weighted by Gasteiger charge is -2.23. The molecule has 1 amide bonds. The Labute approximate surface area is 128 Å². The third-order valence-corrected chi connectivity index (χ3v) is 4.48. The van der Waals surface area contributed by atoms with Crippen LogP contribution in [0.5, 0.6) is 0 Å². The van der Waals surface area contributed by atoms with Gasteiger partial charge in [0.25, 0.3) is 5.91 Å². The van der Waals surface area contributed by atoms with Crippen molar-refractivity contribution in [3.63, 3.8) is 0 Å². The van der Waals surface area contributed by atoms with Crippen LogP contribution in [0.25, 0.3) is 10.9 Å².